The highest BCUT2D eigenvalue weighted by Gasteiger charge is 2.11. The molecule has 1 aromatic carbocycles. The van der Waals surface area contributed by atoms with Gasteiger partial charge < -0.3 is 14.8 Å². The van der Waals surface area contributed by atoms with Crippen LogP contribution in [0.1, 0.15) is 5.56 Å². The Hall–Kier alpha value is -2.31. The molecule has 0 atom stereocenters. The summed E-state index contributed by atoms with van der Waals surface area (Å²) in [6.07, 6.45) is 0. The zero-order chi connectivity index (χ0) is 11.5. The van der Waals surface area contributed by atoms with Gasteiger partial charge in [0.1, 0.15) is 13.2 Å². The number of nitrogens with zero attached hydrogens (tertiary/aromatic N) is 3. The Morgan fingerprint density at radius 1 is 1.24 bits per heavy atom. The van der Waals surface area contributed by atoms with Gasteiger partial charge in [-0.25, -0.2) is 0 Å². The Morgan fingerprint density at radius 3 is 2.94 bits per heavy atom. The summed E-state index contributed by atoms with van der Waals surface area (Å²) < 4.78 is 10.9. The summed E-state index contributed by atoms with van der Waals surface area (Å²) in [6.45, 7) is 1.80. The van der Waals surface area contributed by atoms with E-state index in [0.29, 0.717) is 25.7 Å². The lowest BCUT2D eigenvalue weighted by molar-refractivity contribution is 0.171. The highest BCUT2D eigenvalue weighted by atomic mass is 16.6. The monoisotopic (exact) mass is 233 g/mol. The molecule has 2 heterocycles. The molecule has 0 amide bonds. The molecule has 0 saturated heterocycles. The van der Waals surface area contributed by atoms with Crippen LogP contribution in [-0.2, 0) is 6.54 Å². The van der Waals surface area contributed by atoms with Crippen LogP contribution < -0.4 is 14.8 Å². The molecule has 88 valence electrons. The van der Waals surface area contributed by atoms with Gasteiger partial charge >= 0.3 is 0 Å². The lowest BCUT2D eigenvalue weighted by atomic mass is 10.2. The van der Waals surface area contributed by atoms with Gasteiger partial charge in [0.05, 0.1) is 0 Å². The highest BCUT2D eigenvalue weighted by Crippen LogP contribution is 2.30. The van der Waals surface area contributed by atoms with Gasteiger partial charge in [-0.15, -0.1) is 5.10 Å². The normalized spacial score (nSPS) is 13.4. The van der Waals surface area contributed by atoms with Crippen molar-refractivity contribution in [3.8, 4) is 11.5 Å². The van der Waals surface area contributed by atoms with E-state index in [-0.39, 0.29) is 0 Å². The molecule has 0 saturated carbocycles. The number of hydrogen-bond donors (Lipinski definition) is 2. The quantitative estimate of drug-likeness (QED) is 0.806. The number of ether oxygens (including phenoxy) is 2. The van der Waals surface area contributed by atoms with E-state index in [1.807, 2.05) is 18.2 Å². The lowest BCUT2D eigenvalue weighted by Crippen LogP contribution is -2.15. The van der Waals surface area contributed by atoms with Crippen molar-refractivity contribution in [2.75, 3.05) is 18.5 Å². The minimum atomic E-state index is 0.472. The molecule has 0 radical (unpaired) electrons. The maximum Gasteiger partial charge on any atom is 0.263 e. The number of H-pyrrole nitrogens is 1. The third kappa shape index (κ3) is 2.12. The van der Waals surface area contributed by atoms with Crippen molar-refractivity contribution in [1.82, 2.24) is 20.6 Å². The smallest absolute Gasteiger partial charge is 0.263 e. The van der Waals surface area contributed by atoms with Crippen LogP contribution in [-0.4, -0.2) is 33.8 Å². The number of hydrogen-bond acceptors (Lipinski definition) is 6. The number of aromatic nitrogens is 4. The molecule has 0 aliphatic carbocycles. The average molecular weight is 233 g/mol. The van der Waals surface area contributed by atoms with Crippen molar-refractivity contribution in [2.24, 2.45) is 0 Å². The van der Waals surface area contributed by atoms with Crippen LogP contribution in [0.15, 0.2) is 18.2 Å². The number of rotatable bonds is 3. The van der Waals surface area contributed by atoms with E-state index < -0.39 is 0 Å². The van der Waals surface area contributed by atoms with Crippen LogP contribution in [0.3, 0.4) is 0 Å². The third-order valence-electron chi connectivity index (χ3n) is 2.40. The van der Waals surface area contributed by atoms with Gasteiger partial charge in [0.25, 0.3) is 5.95 Å². The molecular formula is C10H11N5O2. The number of benzene rings is 1. The maximum atomic E-state index is 5.50. The summed E-state index contributed by atoms with van der Waals surface area (Å²) in [4.78, 5) is 0. The molecular weight excluding hydrogens is 222 g/mol. The molecule has 3 rings (SSSR count). The molecule has 0 spiro atoms. The molecule has 0 fully saturated rings. The first-order chi connectivity index (χ1) is 8.42. The summed E-state index contributed by atoms with van der Waals surface area (Å²) in [5.74, 6) is 2.04. The van der Waals surface area contributed by atoms with E-state index in [0.717, 1.165) is 17.1 Å². The summed E-state index contributed by atoms with van der Waals surface area (Å²) in [7, 11) is 0. The van der Waals surface area contributed by atoms with Gasteiger partial charge in [-0.1, -0.05) is 11.2 Å². The maximum absolute atomic E-state index is 5.50. The van der Waals surface area contributed by atoms with Gasteiger partial charge in [-0.3, -0.25) is 0 Å². The first-order valence-electron chi connectivity index (χ1n) is 5.28. The summed E-state index contributed by atoms with van der Waals surface area (Å²) in [6, 6.07) is 5.82. The molecule has 0 bridgehead atoms. The molecule has 1 aliphatic rings. The number of aromatic amines is 1. The first kappa shape index (κ1) is 9.88. The molecule has 7 heteroatoms. The Labute approximate surface area is 97.1 Å². The lowest BCUT2D eigenvalue weighted by Gasteiger charge is -2.18. The van der Waals surface area contributed by atoms with Gasteiger partial charge in [0.2, 0.25) is 0 Å². The second kappa shape index (κ2) is 4.28. The molecule has 17 heavy (non-hydrogen) atoms. The third-order valence-corrected chi connectivity index (χ3v) is 2.40. The van der Waals surface area contributed by atoms with E-state index in [9.17, 15) is 0 Å². The van der Waals surface area contributed by atoms with Crippen molar-refractivity contribution < 1.29 is 9.47 Å². The Kier molecular flexibility index (Phi) is 2.49. The second-order valence-corrected chi connectivity index (χ2v) is 3.57. The largest absolute Gasteiger partial charge is 0.486 e. The summed E-state index contributed by atoms with van der Waals surface area (Å²) >= 11 is 0. The molecule has 1 aromatic heterocycles. The van der Waals surface area contributed by atoms with E-state index in [4.69, 9.17) is 9.47 Å². The number of anilines is 1. The topological polar surface area (TPSA) is 85.0 Å². The fourth-order valence-corrected chi connectivity index (χ4v) is 1.62. The van der Waals surface area contributed by atoms with Crippen LogP contribution in [0, 0.1) is 0 Å². The Balaban J connectivity index is 1.71. The first-order valence-corrected chi connectivity index (χ1v) is 5.28. The zero-order valence-electron chi connectivity index (χ0n) is 9.01. The van der Waals surface area contributed by atoms with Crippen molar-refractivity contribution in [1.29, 1.82) is 0 Å². The van der Waals surface area contributed by atoms with E-state index >= 15 is 0 Å². The SMILES string of the molecule is c1cc2c(cc1CNc1nn[nH]n1)OCCO2. The molecule has 2 N–H and O–H groups in total. The van der Waals surface area contributed by atoms with Gasteiger partial charge in [0, 0.05) is 6.54 Å². The number of fused-ring (bicyclic) bond motifs is 1. The number of tetrazole rings is 1. The van der Waals surface area contributed by atoms with Crippen LogP contribution in [0.25, 0.3) is 0 Å². The fraction of sp³-hybridized carbons (Fsp3) is 0.300. The molecule has 2 aromatic rings. The second-order valence-electron chi connectivity index (χ2n) is 3.57. The summed E-state index contributed by atoms with van der Waals surface area (Å²) in [5.41, 5.74) is 1.07. The average Bonchev–Trinajstić information content (AvgIpc) is 2.89. The van der Waals surface area contributed by atoms with Crippen molar-refractivity contribution in [2.45, 2.75) is 6.54 Å². The molecule has 0 unspecified atom stereocenters. The minimum Gasteiger partial charge on any atom is -0.486 e. The van der Waals surface area contributed by atoms with Crippen molar-refractivity contribution in [3.63, 3.8) is 0 Å². The predicted molar refractivity (Wildman–Crippen MR) is 58.9 cm³/mol. The minimum absolute atomic E-state index is 0.472. The van der Waals surface area contributed by atoms with Crippen LogP contribution in [0.4, 0.5) is 5.95 Å². The zero-order valence-corrected chi connectivity index (χ0v) is 9.01. The molecule has 1 aliphatic heterocycles. The van der Waals surface area contributed by atoms with Crippen LogP contribution >= 0.6 is 0 Å². The number of nitrogens with one attached hydrogen (secondary N) is 2. The molecule has 7 nitrogen and oxygen atoms in total. The van der Waals surface area contributed by atoms with Crippen molar-refractivity contribution >= 4 is 5.95 Å². The van der Waals surface area contributed by atoms with Gasteiger partial charge in [0.15, 0.2) is 11.5 Å². The van der Waals surface area contributed by atoms with E-state index in [1.165, 1.54) is 0 Å². The Bertz CT molecular complexity index is 499. The summed E-state index contributed by atoms with van der Waals surface area (Å²) in [5, 5.41) is 16.5. The van der Waals surface area contributed by atoms with Crippen LogP contribution in [0.5, 0.6) is 11.5 Å². The van der Waals surface area contributed by atoms with Crippen molar-refractivity contribution in [3.05, 3.63) is 23.8 Å². The Morgan fingerprint density at radius 2 is 2.12 bits per heavy atom. The van der Waals surface area contributed by atoms with Crippen LogP contribution in [0.2, 0.25) is 0 Å². The van der Waals surface area contributed by atoms with E-state index in [2.05, 4.69) is 25.9 Å². The predicted octanol–water partition coefficient (Wildman–Crippen LogP) is 0.583. The van der Waals surface area contributed by atoms with Gasteiger partial charge in [-0.2, -0.15) is 5.21 Å². The standard InChI is InChI=1S/C10H11N5O2/c1-2-8-9(17-4-3-16-8)5-7(1)6-11-10-12-14-15-13-10/h1-2,5H,3-4,6H2,(H2,11,12,13,14,15). The van der Waals surface area contributed by atoms with E-state index in [1.54, 1.807) is 0 Å². The fourth-order valence-electron chi connectivity index (χ4n) is 1.62. The van der Waals surface area contributed by atoms with Gasteiger partial charge in [-0.05, 0) is 22.9 Å². The highest BCUT2D eigenvalue weighted by molar-refractivity contribution is 5.44.